The molecule has 0 aromatic carbocycles. The van der Waals surface area contributed by atoms with Crippen LogP contribution in [0.2, 0.25) is 0 Å². The summed E-state index contributed by atoms with van der Waals surface area (Å²) in [5, 5.41) is 36.6. The zero-order chi connectivity index (χ0) is 22.5. The molecule has 0 bridgehead atoms. The first kappa shape index (κ1) is 25.7. The zero-order valence-corrected chi connectivity index (χ0v) is 15.8. The second-order valence-electron chi connectivity index (χ2n) is 5.80. The fraction of sp³-hybridized carbons (Fsp3) is 0.750. The third kappa shape index (κ3) is 9.43. The highest BCUT2D eigenvalue weighted by molar-refractivity contribution is 5.83. The number of carboxylic acids is 4. The van der Waals surface area contributed by atoms with Gasteiger partial charge in [0.25, 0.3) is 0 Å². The lowest BCUT2D eigenvalue weighted by Crippen LogP contribution is -2.44. The molecule has 4 N–H and O–H groups in total. The maximum atomic E-state index is 11.3. The Balaban J connectivity index is 2.79. The molecule has 0 radical (unpaired) electrons. The fourth-order valence-corrected chi connectivity index (χ4v) is 2.17. The van der Waals surface area contributed by atoms with Gasteiger partial charge in [-0.05, 0) is 0 Å². The van der Waals surface area contributed by atoms with E-state index in [1.54, 1.807) is 0 Å². The van der Waals surface area contributed by atoms with Gasteiger partial charge in [0.15, 0.2) is 24.4 Å². The van der Waals surface area contributed by atoms with Crippen LogP contribution < -0.4 is 0 Å². The van der Waals surface area contributed by atoms with Crippen LogP contribution in [0.4, 0.5) is 0 Å². The molecule has 0 aromatic heterocycles. The summed E-state index contributed by atoms with van der Waals surface area (Å²) < 4.78 is 30.3. The van der Waals surface area contributed by atoms with E-state index < -0.39 is 61.5 Å². The first-order valence-corrected chi connectivity index (χ1v) is 8.77. The molecule has 172 valence electrons. The van der Waals surface area contributed by atoms with E-state index in [4.69, 9.17) is 38.6 Å². The molecule has 0 spiro atoms. The summed E-state index contributed by atoms with van der Waals surface area (Å²) in [6, 6.07) is 0. The molecular formula is C16H24O14. The van der Waals surface area contributed by atoms with Gasteiger partial charge in [0.1, 0.15) is 0 Å². The molecule has 30 heavy (non-hydrogen) atoms. The lowest BCUT2D eigenvalue weighted by atomic mass is 10.2. The van der Waals surface area contributed by atoms with Crippen molar-refractivity contribution < 1.29 is 68.0 Å². The molecule has 0 saturated carbocycles. The smallest absolute Gasteiger partial charge is 0.336 e. The minimum atomic E-state index is -1.84. The van der Waals surface area contributed by atoms with Crippen molar-refractivity contribution in [2.45, 2.75) is 24.4 Å². The van der Waals surface area contributed by atoms with Crippen LogP contribution in [0.5, 0.6) is 0 Å². The number of hydrogen-bond donors (Lipinski definition) is 4. The van der Waals surface area contributed by atoms with Crippen molar-refractivity contribution in [3.8, 4) is 0 Å². The van der Waals surface area contributed by atoms with Crippen LogP contribution in [0.1, 0.15) is 0 Å². The average molecular weight is 440 g/mol. The second-order valence-corrected chi connectivity index (χ2v) is 5.80. The molecule has 0 aliphatic carbocycles. The topological polar surface area (TPSA) is 205 Å². The molecule has 4 atom stereocenters. The number of hydrogen-bond acceptors (Lipinski definition) is 10. The van der Waals surface area contributed by atoms with Crippen molar-refractivity contribution in [3.05, 3.63) is 0 Å². The van der Waals surface area contributed by atoms with E-state index in [0.717, 1.165) is 0 Å². The molecule has 4 unspecified atom stereocenters. The quantitative estimate of drug-likeness (QED) is 0.370. The van der Waals surface area contributed by atoms with Crippen molar-refractivity contribution >= 4 is 23.9 Å². The number of ether oxygens (including phenoxy) is 6. The van der Waals surface area contributed by atoms with Crippen molar-refractivity contribution in [2.75, 3.05) is 52.9 Å². The Kier molecular flexibility index (Phi) is 11.8. The van der Waals surface area contributed by atoms with Gasteiger partial charge < -0.3 is 48.8 Å². The van der Waals surface area contributed by atoms with Gasteiger partial charge in [-0.15, -0.1) is 0 Å². The van der Waals surface area contributed by atoms with Gasteiger partial charge in [0, 0.05) is 0 Å². The van der Waals surface area contributed by atoms with E-state index in [1.807, 2.05) is 0 Å². The van der Waals surface area contributed by atoms with E-state index in [-0.39, 0.29) is 39.6 Å². The first-order chi connectivity index (χ1) is 14.2. The van der Waals surface area contributed by atoms with Crippen molar-refractivity contribution in [1.29, 1.82) is 0 Å². The van der Waals surface area contributed by atoms with Crippen LogP contribution in [-0.4, -0.2) is 122 Å². The molecule has 1 rings (SSSR count). The monoisotopic (exact) mass is 440 g/mol. The minimum Gasteiger partial charge on any atom is -0.479 e. The number of carboxylic acid groups (broad SMARTS) is 4. The van der Waals surface area contributed by atoms with Gasteiger partial charge >= 0.3 is 23.9 Å². The minimum absolute atomic E-state index is 0.0881. The Labute approximate surface area is 170 Å². The Morgan fingerprint density at radius 2 is 0.933 bits per heavy atom. The van der Waals surface area contributed by atoms with E-state index in [0.29, 0.717) is 0 Å². The summed E-state index contributed by atoms with van der Waals surface area (Å²) in [5.74, 6) is -5.92. The molecule has 1 saturated heterocycles. The van der Waals surface area contributed by atoms with Gasteiger partial charge in [-0.25, -0.2) is 19.2 Å². The second kappa shape index (κ2) is 13.8. The molecule has 14 nitrogen and oxygen atoms in total. The van der Waals surface area contributed by atoms with Crippen LogP contribution in [-0.2, 0) is 47.6 Å². The van der Waals surface area contributed by atoms with Crippen LogP contribution in [0.15, 0.2) is 0 Å². The molecular weight excluding hydrogens is 416 g/mol. The zero-order valence-electron chi connectivity index (χ0n) is 15.8. The third-order valence-electron chi connectivity index (χ3n) is 3.63. The van der Waals surface area contributed by atoms with Crippen molar-refractivity contribution in [2.24, 2.45) is 0 Å². The first-order valence-electron chi connectivity index (χ1n) is 8.77. The SMILES string of the molecule is O=C(O)C1COCCOC(C(=O)O)C(C(=O)O)OCCOCCOC(C(=O)O)CO1. The largest absolute Gasteiger partial charge is 0.479 e. The normalized spacial score (nSPS) is 28.5. The average Bonchev–Trinajstić information content (AvgIpc) is 2.66. The molecule has 1 aliphatic rings. The molecule has 14 heteroatoms. The number of carbonyl (C=O) groups is 4. The van der Waals surface area contributed by atoms with Crippen LogP contribution in [0.25, 0.3) is 0 Å². The standard InChI is InChI=1S/C16H24O14/c17-13(18)9-7-26-3-6-29-12(16(23)24)11(15(21)22)28-5-2-25-1-4-27-10(8-30-9)14(19)20/h9-12H,1-8H2,(H,17,18)(H,19,20)(H,21,22)(H,23,24). The molecule has 1 aliphatic heterocycles. The Morgan fingerprint density at radius 3 is 1.40 bits per heavy atom. The summed E-state index contributed by atoms with van der Waals surface area (Å²) in [6.07, 6.45) is -6.62. The highest BCUT2D eigenvalue weighted by Crippen LogP contribution is 2.07. The van der Waals surface area contributed by atoms with E-state index in [9.17, 15) is 29.4 Å². The predicted octanol–water partition coefficient (Wildman–Crippen LogP) is -2.09. The van der Waals surface area contributed by atoms with Gasteiger partial charge in [-0.1, -0.05) is 0 Å². The predicted molar refractivity (Wildman–Crippen MR) is 91.1 cm³/mol. The highest BCUT2D eigenvalue weighted by Gasteiger charge is 2.36. The summed E-state index contributed by atoms with van der Waals surface area (Å²) >= 11 is 0. The van der Waals surface area contributed by atoms with Crippen molar-refractivity contribution in [3.63, 3.8) is 0 Å². The van der Waals surface area contributed by atoms with Crippen molar-refractivity contribution in [1.82, 2.24) is 0 Å². The molecule has 0 amide bonds. The van der Waals surface area contributed by atoms with Gasteiger partial charge in [0.05, 0.1) is 52.9 Å². The van der Waals surface area contributed by atoms with Crippen LogP contribution in [0, 0.1) is 0 Å². The van der Waals surface area contributed by atoms with Gasteiger partial charge in [-0.2, -0.15) is 0 Å². The van der Waals surface area contributed by atoms with E-state index in [1.165, 1.54) is 0 Å². The lowest BCUT2D eigenvalue weighted by molar-refractivity contribution is -0.181. The Bertz CT molecular complexity index is 578. The lowest BCUT2D eigenvalue weighted by Gasteiger charge is -2.22. The Morgan fingerprint density at radius 1 is 0.500 bits per heavy atom. The van der Waals surface area contributed by atoms with Gasteiger partial charge in [-0.3, -0.25) is 0 Å². The highest BCUT2D eigenvalue weighted by atomic mass is 16.6. The molecule has 1 fully saturated rings. The number of aliphatic carboxylic acids is 4. The number of rotatable bonds is 4. The Hall–Kier alpha value is -2.36. The molecule has 1 heterocycles. The van der Waals surface area contributed by atoms with E-state index in [2.05, 4.69) is 0 Å². The summed E-state index contributed by atoms with van der Waals surface area (Å²) in [5.41, 5.74) is 0. The summed E-state index contributed by atoms with van der Waals surface area (Å²) in [6.45, 7) is -2.39. The molecule has 0 aromatic rings. The van der Waals surface area contributed by atoms with Crippen LogP contribution >= 0.6 is 0 Å². The maximum absolute atomic E-state index is 11.3. The summed E-state index contributed by atoms with van der Waals surface area (Å²) in [4.78, 5) is 45.0. The van der Waals surface area contributed by atoms with E-state index >= 15 is 0 Å². The fourth-order valence-electron chi connectivity index (χ4n) is 2.17. The van der Waals surface area contributed by atoms with Gasteiger partial charge in [0.2, 0.25) is 0 Å². The maximum Gasteiger partial charge on any atom is 0.336 e. The summed E-state index contributed by atoms with van der Waals surface area (Å²) in [7, 11) is 0. The van der Waals surface area contributed by atoms with Crippen LogP contribution in [0.3, 0.4) is 0 Å². The third-order valence-corrected chi connectivity index (χ3v) is 3.63.